The molecule has 0 aliphatic heterocycles. The summed E-state index contributed by atoms with van der Waals surface area (Å²) < 4.78 is 78.5. The molecule has 1 aliphatic carbocycles. The second-order valence-corrected chi connectivity index (χ2v) is 11.7. The molecule has 12 nitrogen and oxygen atoms in total. The summed E-state index contributed by atoms with van der Waals surface area (Å²) in [6, 6.07) is 21.6. The lowest BCUT2D eigenvalue weighted by Crippen LogP contribution is -2.19. The molecule has 1 N–H and O–H groups in total. The Balaban J connectivity index is 0.000000192. The topological polar surface area (TPSA) is 144 Å². The second kappa shape index (κ2) is 15.5. The summed E-state index contributed by atoms with van der Waals surface area (Å²) in [6.07, 6.45) is -0.544. The summed E-state index contributed by atoms with van der Waals surface area (Å²) in [5, 5.41) is 17.8. The average molecular weight is 743 g/mol. The summed E-state index contributed by atoms with van der Waals surface area (Å²) in [5.74, 6) is -2.40. The van der Waals surface area contributed by atoms with E-state index in [2.05, 4.69) is 14.9 Å². The third kappa shape index (κ3) is 9.19. The van der Waals surface area contributed by atoms with Gasteiger partial charge in [0.25, 0.3) is 0 Å². The molecule has 52 heavy (non-hydrogen) atoms. The maximum Gasteiger partial charge on any atom is 0.573 e. The predicted octanol–water partition coefficient (Wildman–Crippen LogP) is 8.22. The van der Waals surface area contributed by atoms with Crippen molar-refractivity contribution in [2.45, 2.75) is 44.6 Å². The van der Waals surface area contributed by atoms with Gasteiger partial charge in [0.1, 0.15) is 34.9 Å². The fourth-order valence-corrected chi connectivity index (χ4v) is 5.34. The maximum atomic E-state index is 14.7. The number of phenols is 1. The van der Waals surface area contributed by atoms with Crippen molar-refractivity contribution in [3.63, 3.8) is 0 Å². The Morgan fingerprint density at radius 2 is 1.44 bits per heavy atom. The number of hydrogen-bond acceptors (Lipinski definition) is 10. The molecular weight excluding hydrogens is 716 g/mol. The molecule has 1 saturated carbocycles. The minimum atomic E-state index is -4.83. The van der Waals surface area contributed by atoms with Gasteiger partial charge in [0.15, 0.2) is 0 Å². The van der Waals surface area contributed by atoms with E-state index >= 15 is 0 Å². The number of aromatic hydroxyl groups is 1. The molecule has 0 unspecified atom stereocenters. The fourth-order valence-electron chi connectivity index (χ4n) is 5.21. The molecule has 0 saturated heterocycles. The van der Waals surface area contributed by atoms with E-state index in [0.717, 1.165) is 59.7 Å². The third-order valence-corrected chi connectivity index (χ3v) is 7.80. The van der Waals surface area contributed by atoms with E-state index < -0.39 is 29.4 Å². The van der Waals surface area contributed by atoms with Crippen LogP contribution in [0, 0.1) is 5.82 Å². The van der Waals surface area contributed by atoms with Gasteiger partial charge in [-0.3, -0.25) is 0 Å². The first kappa shape index (κ1) is 35.8. The highest BCUT2D eigenvalue weighted by atomic mass is 35.5. The Morgan fingerprint density at radius 1 is 0.769 bits per heavy atom. The Labute approximate surface area is 296 Å². The molecule has 6 aromatic rings. The van der Waals surface area contributed by atoms with E-state index in [1.165, 1.54) is 36.4 Å². The van der Waals surface area contributed by atoms with Crippen LogP contribution < -0.4 is 25.7 Å². The standard InChI is InChI=1S/C21H18F4N2O4.C14H9ClN2O4/c22-17-12-14(13-5-4-8-16(11-13)31-21(23,24)25)9-10-18(17)27-20(28)30-19(26-27)29-15-6-2-1-3-7-15;15-9-4-6-12(7-5-9)20-13-16-17(14(19)21-13)10-2-1-3-11(18)8-10/h4-5,8-12,15H,1-3,6-7H2;1-8,18H. The molecule has 0 bridgehead atoms. The molecule has 0 radical (unpaired) electrons. The van der Waals surface area contributed by atoms with Crippen molar-refractivity contribution in [1.29, 1.82) is 0 Å². The van der Waals surface area contributed by atoms with Crippen LogP contribution in [0.1, 0.15) is 32.1 Å². The van der Waals surface area contributed by atoms with Crippen molar-refractivity contribution in [1.82, 2.24) is 19.6 Å². The van der Waals surface area contributed by atoms with Gasteiger partial charge in [0.2, 0.25) is 0 Å². The molecule has 4 aromatic carbocycles. The molecule has 2 aromatic heterocycles. The van der Waals surface area contributed by atoms with Gasteiger partial charge < -0.3 is 28.2 Å². The first-order valence-corrected chi connectivity index (χ1v) is 16.0. The summed E-state index contributed by atoms with van der Waals surface area (Å²) in [7, 11) is 0. The normalized spacial score (nSPS) is 13.2. The molecule has 1 aliphatic rings. The predicted molar refractivity (Wildman–Crippen MR) is 177 cm³/mol. The number of ether oxygens (including phenoxy) is 3. The van der Waals surface area contributed by atoms with Crippen molar-refractivity contribution < 1.29 is 45.7 Å². The van der Waals surface area contributed by atoms with Crippen LogP contribution in [0.4, 0.5) is 17.6 Å². The summed E-state index contributed by atoms with van der Waals surface area (Å²) in [4.78, 5) is 23.9. The number of phenolic OH excluding ortho intramolecular Hbond substituents is 1. The molecule has 0 spiro atoms. The monoisotopic (exact) mass is 742 g/mol. The highest BCUT2D eigenvalue weighted by Crippen LogP contribution is 2.30. The number of halogens is 5. The van der Waals surface area contributed by atoms with Crippen LogP contribution >= 0.6 is 11.6 Å². The number of benzene rings is 4. The van der Waals surface area contributed by atoms with Gasteiger partial charge in [-0.05, 0) is 97.5 Å². The molecule has 17 heteroatoms. The lowest BCUT2D eigenvalue weighted by Gasteiger charge is -2.20. The number of hydrogen-bond donors (Lipinski definition) is 1. The lowest BCUT2D eigenvalue weighted by atomic mass is 9.98. The largest absolute Gasteiger partial charge is 0.573 e. The Hall–Kier alpha value is -6.03. The van der Waals surface area contributed by atoms with Crippen LogP contribution in [-0.2, 0) is 0 Å². The number of alkyl halides is 3. The zero-order valence-corrected chi connectivity index (χ0v) is 27.5. The second-order valence-electron chi connectivity index (χ2n) is 11.3. The van der Waals surface area contributed by atoms with E-state index in [4.69, 9.17) is 29.9 Å². The van der Waals surface area contributed by atoms with Crippen LogP contribution in [0.25, 0.3) is 22.5 Å². The van der Waals surface area contributed by atoms with Gasteiger partial charge in [-0.1, -0.05) is 52.5 Å². The number of rotatable bonds is 8. The van der Waals surface area contributed by atoms with Crippen LogP contribution in [0.3, 0.4) is 0 Å². The van der Waals surface area contributed by atoms with E-state index in [9.17, 15) is 32.3 Å². The van der Waals surface area contributed by atoms with Gasteiger partial charge in [-0.15, -0.1) is 13.2 Å². The summed E-state index contributed by atoms with van der Waals surface area (Å²) >= 11 is 5.77. The van der Waals surface area contributed by atoms with E-state index in [0.29, 0.717) is 27.6 Å². The molecule has 1 fully saturated rings. The summed E-state index contributed by atoms with van der Waals surface area (Å²) in [5.41, 5.74) is 0.804. The van der Waals surface area contributed by atoms with E-state index in [1.54, 1.807) is 36.4 Å². The molecule has 270 valence electrons. The van der Waals surface area contributed by atoms with Crippen molar-refractivity contribution in [2.75, 3.05) is 0 Å². The van der Waals surface area contributed by atoms with Crippen molar-refractivity contribution >= 4 is 11.6 Å². The minimum absolute atomic E-state index is 0.0163. The highest BCUT2D eigenvalue weighted by molar-refractivity contribution is 6.30. The third-order valence-electron chi connectivity index (χ3n) is 7.55. The Bertz CT molecular complexity index is 2260. The molecule has 2 heterocycles. The molecule has 7 rings (SSSR count). The number of nitrogens with zero attached hydrogens (tertiary/aromatic N) is 4. The van der Waals surface area contributed by atoms with E-state index in [-0.39, 0.29) is 29.7 Å². The van der Waals surface area contributed by atoms with Crippen molar-refractivity contribution in [2.24, 2.45) is 0 Å². The highest BCUT2D eigenvalue weighted by Gasteiger charge is 2.31. The quantitative estimate of drug-likeness (QED) is 0.152. The fraction of sp³-hybridized carbons (Fsp3) is 0.200. The van der Waals surface area contributed by atoms with Gasteiger partial charge in [-0.2, -0.15) is 9.36 Å². The van der Waals surface area contributed by atoms with Gasteiger partial charge in [0, 0.05) is 11.1 Å². The Morgan fingerprint density at radius 3 is 2.15 bits per heavy atom. The van der Waals surface area contributed by atoms with Gasteiger partial charge in [0.05, 0.1) is 5.69 Å². The maximum absolute atomic E-state index is 14.7. The van der Waals surface area contributed by atoms with Crippen LogP contribution in [0.15, 0.2) is 109 Å². The SMILES string of the molecule is O=c1oc(OC2CCCCC2)nn1-c1ccc(-c2cccc(OC(F)(F)F)c2)cc1F.O=c1oc(Oc2ccc(Cl)cc2)nn1-c1cccc(O)c1. The zero-order chi connectivity index (χ0) is 36.8. The van der Waals surface area contributed by atoms with E-state index in [1.807, 2.05) is 0 Å². The van der Waals surface area contributed by atoms with Crippen LogP contribution in [-0.4, -0.2) is 37.1 Å². The molecular formula is C35H27ClF4N4O8. The average Bonchev–Trinajstić information content (AvgIpc) is 3.66. The van der Waals surface area contributed by atoms with Crippen LogP contribution in [0.2, 0.25) is 5.02 Å². The minimum Gasteiger partial charge on any atom is -0.508 e. The number of aromatic nitrogens is 4. The first-order chi connectivity index (χ1) is 24.9. The smallest absolute Gasteiger partial charge is 0.508 e. The Kier molecular flexibility index (Phi) is 10.6. The summed E-state index contributed by atoms with van der Waals surface area (Å²) in [6.45, 7) is 0. The first-order valence-electron chi connectivity index (χ1n) is 15.7. The van der Waals surface area contributed by atoms with Crippen molar-refractivity contribution in [3.8, 4) is 51.9 Å². The van der Waals surface area contributed by atoms with Gasteiger partial charge in [-0.25, -0.2) is 14.0 Å². The van der Waals surface area contributed by atoms with Crippen LogP contribution in [0.5, 0.6) is 29.4 Å². The van der Waals surface area contributed by atoms with Gasteiger partial charge >= 0.3 is 30.0 Å². The zero-order valence-electron chi connectivity index (χ0n) is 26.8. The van der Waals surface area contributed by atoms with Crippen molar-refractivity contribution in [3.05, 3.63) is 123 Å². The molecule has 0 amide bonds. The lowest BCUT2D eigenvalue weighted by molar-refractivity contribution is -0.274. The molecule has 0 atom stereocenters.